The molecule has 1 aliphatic rings. The third-order valence-corrected chi connectivity index (χ3v) is 7.59. The first-order chi connectivity index (χ1) is 20.7. The molecule has 2 aromatic carbocycles. The number of aliphatic hydroxyl groups is 1. The normalized spacial score (nSPS) is 16.4. The Morgan fingerprint density at radius 1 is 1.07 bits per heavy atom. The van der Waals surface area contributed by atoms with Crippen molar-refractivity contribution < 1.29 is 38.1 Å². The van der Waals surface area contributed by atoms with Gasteiger partial charge in [-0.3, -0.25) is 9.59 Å². The van der Waals surface area contributed by atoms with Crippen LogP contribution >= 0.6 is 0 Å². The summed E-state index contributed by atoms with van der Waals surface area (Å²) in [6.45, 7) is 8.27. The number of carbonyl (C=O) groups excluding carboxylic acids is 3. The van der Waals surface area contributed by atoms with Crippen LogP contribution in [0.1, 0.15) is 54.6 Å². The molecule has 0 spiro atoms. The largest absolute Gasteiger partial charge is 0.457 e. The lowest BCUT2D eigenvalue weighted by molar-refractivity contribution is -0.132. The van der Waals surface area contributed by atoms with Crippen LogP contribution in [0.25, 0.3) is 11.1 Å². The summed E-state index contributed by atoms with van der Waals surface area (Å²) in [5, 5.41) is 9.68. The number of aryl methyl sites for hydroxylation is 2. The molecule has 3 atom stereocenters. The van der Waals surface area contributed by atoms with Crippen LogP contribution < -0.4 is 0 Å². The molecule has 4 rings (SSSR count). The Balaban J connectivity index is 1.41. The number of nitrogens with zero attached hydrogens (tertiary/aromatic N) is 1. The number of furan rings is 1. The van der Waals surface area contributed by atoms with E-state index >= 15 is 0 Å². The number of rotatable bonds is 15. The Morgan fingerprint density at radius 2 is 1.84 bits per heavy atom. The average molecular weight is 592 g/mol. The molecule has 2 heterocycles. The molecule has 0 unspecified atom stereocenters. The monoisotopic (exact) mass is 591 g/mol. The van der Waals surface area contributed by atoms with Crippen molar-refractivity contribution in [2.75, 3.05) is 26.4 Å². The molecule has 0 bridgehead atoms. The van der Waals surface area contributed by atoms with Crippen molar-refractivity contribution >= 4 is 17.8 Å². The van der Waals surface area contributed by atoms with Gasteiger partial charge >= 0.3 is 6.09 Å². The fourth-order valence-corrected chi connectivity index (χ4v) is 5.00. The Labute approximate surface area is 252 Å². The number of hydrogen-bond acceptors (Lipinski definition) is 8. The maximum atomic E-state index is 13.5. The van der Waals surface area contributed by atoms with E-state index in [1.807, 2.05) is 75.4 Å². The number of ketones is 1. The lowest BCUT2D eigenvalue weighted by Crippen LogP contribution is -2.45. The molecule has 0 radical (unpaired) electrons. The highest BCUT2D eigenvalue weighted by atomic mass is 16.6. The summed E-state index contributed by atoms with van der Waals surface area (Å²) in [5.41, 5.74) is 3.74. The first-order valence-corrected chi connectivity index (χ1v) is 14.8. The van der Waals surface area contributed by atoms with E-state index in [9.17, 15) is 19.5 Å². The van der Waals surface area contributed by atoms with Crippen molar-refractivity contribution in [1.82, 2.24) is 4.90 Å². The van der Waals surface area contributed by atoms with Crippen molar-refractivity contribution in [3.8, 4) is 11.1 Å². The molecule has 9 nitrogen and oxygen atoms in total. The molecule has 43 heavy (non-hydrogen) atoms. The fourth-order valence-electron chi connectivity index (χ4n) is 5.00. The number of carbonyl (C=O) groups is 3. The van der Waals surface area contributed by atoms with Gasteiger partial charge in [-0.15, -0.1) is 0 Å². The summed E-state index contributed by atoms with van der Waals surface area (Å²) in [7, 11) is 0. The van der Waals surface area contributed by atoms with Gasteiger partial charge in [-0.05, 0) is 43.4 Å². The Morgan fingerprint density at radius 3 is 2.53 bits per heavy atom. The van der Waals surface area contributed by atoms with Crippen LogP contribution in [0.3, 0.4) is 0 Å². The SMILES string of the molecule is Cc1cccc(-c2cc(C(=O)[C@H](C)C(=O)N3C(=O)OC[C@@H]3C(C)C)oc2CCCOC[C@@H](CO)OCc2ccccc2)c1. The van der Waals surface area contributed by atoms with E-state index in [0.717, 1.165) is 27.2 Å². The maximum absolute atomic E-state index is 13.5. The smallest absolute Gasteiger partial charge is 0.417 e. The van der Waals surface area contributed by atoms with Gasteiger partial charge in [0, 0.05) is 18.6 Å². The zero-order chi connectivity index (χ0) is 30.9. The highest BCUT2D eigenvalue weighted by Gasteiger charge is 2.43. The van der Waals surface area contributed by atoms with Crippen molar-refractivity contribution in [3.05, 3.63) is 83.3 Å². The van der Waals surface area contributed by atoms with Gasteiger partial charge in [-0.25, -0.2) is 9.69 Å². The van der Waals surface area contributed by atoms with E-state index in [2.05, 4.69) is 0 Å². The molecule has 230 valence electrons. The van der Waals surface area contributed by atoms with Crippen molar-refractivity contribution in [3.63, 3.8) is 0 Å². The van der Waals surface area contributed by atoms with Gasteiger partial charge in [-0.1, -0.05) is 74.0 Å². The van der Waals surface area contributed by atoms with Crippen LogP contribution in [-0.4, -0.2) is 66.4 Å². The quantitative estimate of drug-likeness (QED) is 0.138. The third-order valence-electron chi connectivity index (χ3n) is 7.59. The molecular weight excluding hydrogens is 550 g/mol. The number of aliphatic hydroxyl groups excluding tert-OH is 1. The predicted octanol–water partition coefficient (Wildman–Crippen LogP) is 5.60. The summed E-state index contributed by atoms with van der Waals surface area (Å²) in [6.07, 6.45) is -0.0847. The number of hydrogen-bond donors (Lipinski definition) is 1. The molecule has 1 aliphatic heterocycles. The molecule has 9 heteroatoms. The molecule has 2 amide bonds. The van der Waals surface area contributed by atoms with Crippen LogP contribution in [-0.2, 0) is 32.0 Å². The summed E-state index contributed by atoms with van der Waals surface area (Å²) >= 11 is 0. The molecule has 3 aromatic rings. The molecule has 0 aliphatic carbocycles. The zero-order valence-corrected chi connectivity index (χ0v) is 25.3. The molecule has 1 fully saturated rings. The number of ether oxygens (including phenoxy) is 3. The maximum Gasteiger partial charge on any atom is 0.417 e. The Kier molecular flexibility index (Phi) is 11.3. The van der Waals surface area contributed by atoms with Crippen LogP contribution in [0.15, 0.2) is 65.1 Å². The van der Waals surface area contributed by atoms with Crippen molar-refractivity contribution in [2.45, 2.75) is 59.3 Å². The second-order valence-corrected chi connectivity index (χ2v) is 11.3. The first kappa shape index (κ1) is 32.1. The van der Waals surface area contributed by atoms with E-state index in [4.69, 9.17) is 18.6 Å². The van der Waals surface area contributed by atoms with Crippen LogP contribution in [0, 0.1) is 18.8 Å². The van der Waals surface area contributed by atoms with Gasteiger partial charge < -0.3 is 23.7 Å². The fraction of sp³-hybridized carbons (Fsp3) is 0.441. The summed E-state index contributed by atoms with van der Waals surface area (Å²) in [5.74, 6) is -1.54. The minimum Gasteiger partial charge on any atom is -0.457 e. The van der Waals surface area contributed by atoms with E-state index in [0.29, 0.717) is 31.8 Å². The van der Waals surface area contributed by atoms with Gasteiger partial charge in [0.15, 0.2) is 5.76 Å². The van der Waals surface area contributed by atoms with Crippen molar-refractivity contribution in [2.24, 2.45) is 11.8 Å². The number of benzene rings is 2. The van der Waals surface area contributed by atoms with Crippen LogP contribution in [0.2, 0.25) is 0 Å². The number of cyclic esters (lactones) is 1. The van der Waals surface area contributed by atoms with Gasteiger partial charge in [0.1, 0.15) is 24.4 Å². The van der Waals surface area contributed by atoms with E-state index < -0.39 is 35.8 Å². The molecule has 1 N–H and O–H groups in total. The lowest BCUT2D eigenvalue weighted by Gasteiger charge is -2.24. The Hall–Kier alpha value is -3.79. The van der Waals surface area contributed by atoms with E-state index in [-0.39, 0.29) is 31.5 Å². The first-order valence-electron chi connectivity index (χ1n) is 14.8. The van der Waals surface area contributed by atoms with Crippen LogP contribution in [0.4, 0.5) is 4.79 Å². The minimum absolute atomic E-state index is 0.00820. The molecular formula is C34H41NO8. The summed E-state index contributed by atoms with van der Waals surface area (Å²) in [6, 6.07) is 18.9. The predicted molar refractivity (Wildman–Crippen MR) is 160 cm³/mol. The zero-order valence-electron chi connectivity index (χ0n) is 25.3. The summed E-state index contributed by atoms with van der Waals surface area (Å²) < 4.78 is 22.8. The molecule has 1 aromatic heterocycles. The van der Waals surface area contributed by atoms with E-state index in [1.54, 1.807) is 6.07 Å². The third kappa shape index (κ3) is 8.19. The number of imide groups is 1. The second kappa shape index (κ2) is 15.1. The number of Topliss-reactive ketones (excluding diaryl/α,β-unsaturated/α-hetero) is 1. The topological polar surface area (TPSA) is 116 Å². The van der Waals surface area contributed by atoms with Gasteiger partial charge in [0.2, 0.25) is 11.7 Å². The molecule has 0 saturated carbocycles. The standard InChI is InChI=1S/C34H41NO8/c1-22(2)29-21-42-34(39)35(29)33(38)24(4)32(37)31-17-28(26-13-8-10-23(3)16-26)30(43-31)14-9-15-40-20-27(18-36)41-19-25-11-6-5-7-12-25/h5-8,10-13,16-17,22,24,27,29,36H,9,14-15,18-21H2,1-4H3/t24-,27+,29+/m0/s1. The second-order valence-electron chi connectivity index (χ2n) is 11.3. The Bertz CT molecular complexity index is 1380. The average Bonchev–Trinajstić information content (AvgIpc) is 3.61. The van der Waals surface area contributed by atoms with Gasteiger partial charge in [-0.2, -0.15) is 0 Å². The number of amides is 2. The summed E-state index contributed by atoms with van der Waals surface area (Å²) in [4.78, 5) is 40.1. The molecule has 1 saturated heterocycles. The lowest BCUT2D eigenvalue weighted by atomic mass is 9.98. The highest BCUT2D eigenvalue weighted by Crippen LogP contribution is 2.31. The van der Waals surface area contributed by atoms with Crippen molar-refractivity contribution in [1.29, 1.82) is 0 Å². The van der Waals surface area contributed by atoms with Gasteiger partial charge in [0.25, 0.3) is 0 Å². The highest BCUT2D eigenvalue weighted by molar-refractivity contribution is 6.12. The minimum atomic E-state index is -1.12. The van der Waals surface area contributed by atoms with E-state index in [1.165, 1.54) is 6.92 Å². The van der Waals surface area contributed by atoms with Gasteiger partial charge in [0.05, 0.1) is 25.9 Å². The van der Waals surface area contributed by atoms with Crippen LogP contribution in [0.5, 0.6) is 0 Å².